The maximum absolute atomic E-state index is 13.4. The number of nitrogens with one attached hydrogen (secondary N) is 1. The molecule has 7 nitrogen and oxygen atoms in total. The highest BCUT2D eigenvalue weighted by molar-refractivity contribution is 6.07. The Labute approximate surface area is 194 Å². The Balaban J connectivity index is 1.48. The first-order chi connectivity index (χ1) is 16.2. The Bertz CT molecular complexity index is 1080. The second-order valence-corrected chi connectivity index (χ2v) is 8.58. The van der Waals surface area contributed by atoms with Crippen LogP contribution in [0.4, 0.5) is 18.0 Å². The van der Waals surface area contributed by atoms with Crippen LogP contribution in [0.15, 0.2) is 48.7 Å². The van der Waals surface area contributed by atoms with Crippen molar-refractivity contribution in [3.05, 3.63) is 65.5 Å². The van der Waals surface area contributed by atoms with Crippen LogP contribution in [0.2, 0.25) is 0 Å². The standard InChI is InChI=1S/C24H25F3N4O3/c1-2-23(21(33)31(22(34)29-23)15-17-7-5-6-12-28-17)16-10-13-30(14-11-16)20(32)18-8-3-4-9-19(18)24(25,26)27/h3-9,12,16H,2,10-11,13-15H2,1H3,(H,29,34)/t23-/m0/s1. The van der Waals surface area contributed by atoms with Crippen molar-refractivity contribution in [3.63, 3.8) is 0 Å². The van der Waals surface area contributed by atoms with Gasteiger partial charge in [-0.1, -0.05) is 25.1 Å². The molecule has 0 aliphatic carbocycles. The normalized spacial score (nSPS) is 21.6. The molecule has 1 atom stereocenters. The number of pyridine rings is 1. The molecule has 3 heterocycles. The van der Waals surface area contributed by atoms with E-state index in [1.54, 1.807) is 24.4 Å². The van der Waals surface area contributed by atoms with Crippen molar-refractivity contribution in [1.82, 2.24) is 20.1 Å². The van der Waals surface area contributed by atoms with E-state index in [9.17, 15) is 27.6 Å². The summed E-state index contributed by atoms with van der Waals surface area (Å²) in [5.74, 6) is -1.27. The number of aromatic nitrogens is 1. The smallest absolute Gasteiger partial charge is 0.339 e. The number of nitrogens with zero attached hydrogens (tertiary/aromatic N) is 3. The second kappa shape index (κ2) is 9.08. The summed E-state index contributed by atoms with van der Waals surface area (Å²) in [5.41, 5.74) is -1.87. The van der Waals surface area contributed by atoms with Crippen LogP contribution in [0.5, 0.6) is 0 Å². The molecule has 0 spiro atoms. The number of halogens is 3. The minimum absolute atomic E-state index is 0.0544. The number of imide groups is 1. The predicted molar refractivity (Wildman–Crippen MR) is 116 cm³/mol. The third-order valence-electron chi connectivity index (χ3n) is 6.75. The molecule has 1 N–H and O–H groups in total. The number of carbonyl (C=O) groups excluding carboxylic acids is 3. The molecule has 2 aliphatic heterocycles. The molecule has 2 saturated heterocycles. The SMILES string of the molecule is CC[C@@]1(C2CCN(C(=O)c3ccccc3C(F)(F)F)CC2)NC(=O)N(Cc2ccccn2)C1=O. The summed E-state index contributed by atoms with van der Waals surface area (Å²) >= 11 is 0. The number of alkyl halides is 3. The fourth-order valence-electron chi connectivity index (χ4n) is 4.91. The quantitative estimate of drug-likeness (QED) is 0.668. The summed E-state index contributed by atoms with van der Waals surface area (Å²) in [7, 11) is 0. The lowest BCUT2D eigenvalue weighted by Crippen LogP contribution is -2.56. The number of carbonyl (C=O) groups is 3. The summed E-state index contributed by atoms with van der Waals surface area (Å²) in [6.07, 6.45) is -1.90. The lowest BCUT2D eigenvalue weighted by Gasteiger charge is -2.40. The van der Waals surface area contributed by atoms with Crippen molar-refractivity contribution < 1.29 is 27.6 Å². The number of piperidine rings is 1. The lowest BCUT2D eigenvalue weighted by molar-refractivity contribution is -0.138. The Morgan fingerprint density at radius 2 is 1.79 bits per heavy atom. The fraction of sp³-hybridized carbons (Fsp3) is 0.417. The number of rotatable bonds is 5. The summed E-state index contributed by atoms with van der Waals surface area (Å²) in [4.78, 5) is 45.7. The number of hydrogen-bond donors (Lipinski definition) is 1. The van der Waals surface area contributed by atoms with Gasteiger partial charge in [-0.05, 0) is 49.4 Å². The number of hydrogen-bond acceptors (Lipinski definition) is 4. The molecule has 0 saturated carbocycles. The van der Waals surface area contributed by atoms with Gasteiger partial charge in [-0.15, -0.1) is 0 Å². The molecular formula is C24H25F3N4O3. The van der Waals surface area contributed by atoms with Gasteiger partial charge in [0.05, 0.1) is 23.4 Å². The summed E-state index contributed by atoms with van der Waals surface area (Å²) in [5, 5.41) is 2.87. The van der Waals surface area contributed by atoms with Crippen LogP contribution < -0.4 is 5.32 Å². The van der Waals surface area contributed by atoms with Crippen molar-refractivity contribution in [2.75, 3.05) is 13.1 Å². The predicted octanol–water partition coefficient (Wildman–Crippen LogP) is 3.85. The van der Waals surface area contributed by atoms with Crippen LogP contribution in [0.1, 0.15) is 47.8 Å². The summed E-state index contributed by atoms with van der Waals surface area (Å²) in [6, 6.07) is 9.50. The molecule has 10 heteroatoms. The van der Waals surface area contributed by atoms with E-state index in [1.807, 2.05) is 6.92 Å². The number of likely N-dealkylation sites (tertiary alicyclic amines) is 1. The van der Waals surface area contributed by atoms with E-state index >= 15 is 0 Å². The van der Waals surface area contributed by atoms with Crippen molar-refractivity contribution in [2.45, 2.75) is 44.4 Å². The third-order valence-corrected chi connectivity index (χ3v) is 6.75. The minimum atomic E-state index is -4.63. The topological polar surface area (TPSA) is 82.6 Å². The van der Waals surface area contributed by atoms with Crippen molar-refractivity contribution in [2.24, 2.45) is 5.92 Å². The molecule has 2 aliphatic rings. The Morgan fingerprint density at radius 1 is 1.12 bits per heavy atom. The average Bonchev–Trinajstić information content (AvgIpc) is 3.09. The molecule has 180 valence electrons. The zero-order valence-corrected chi connectivity index (χ0v) is 18.6. The lowest BCUT2D eigenvalue weighted by atomic mass is 9.75. The Kier molecular flexibility index (Phi) is 6.33. The Morgan fingerprint density at radius 3 is 2.41 bits per heavy atom. The van der Waals surface area contributed by atoms with Gasteiger partial charge in [-0.2, -0.15) is 13.2 Å². The molecular weight excluding hydrogens is 449 g/mol. The number of urea groups is 1. The van der Waals surface area contributed by atoms with E-state index in [4.69, 9.17) is 0 Å². The maximum atomic E-state index is 13.4. The van der Waals surface area contributed by atoms with E-state index in [1.165, 1.54) is 23.1 Å². The zero-order valence-electron chi connectivity index (χ0n) is 18.6. The molecule has 2 fully saturated rings. The maximum Gasteiger partial charge on any atom is 0.417 e. The van der Waals surface area contributed by atoms with Crippen LogP contribution in [0, 0.1) is 5.92 Å². The van der Waals surface area contributed by atoms with Crippen molar-refractivity contribution >= 4 is 17.8 Å². The van der Waals surface area contributed by atoms with Gasteiger partial charge >= 0.3 is 12.2 Å². The molecule has 4 amide bonds. The minimum Gasteiger partial charge on any atom is -0.339 e. The van der Waals surface area contributed by atoms with Gasteiger partial charge in [0.2, 0.25) is 0 Å². The second-order valence-electron chi connectivity index (χ2n) is 8.58. The van der Waals surface area contributed by atoms with E-state index < -0.39 is 29.2 Å². The van der Waals surface area contributed by atoms with E-state index in [-0.39, 0.29) is 37.0 Å². The van der Waals surface area contributed by atoms with Gasteiger partial charge < -0.3 is 10.2 Å². The highest BCUT2D eigenvalue weighted by atomic mass is 19.4. The van der Waals surface area contributed by atoms with Gasteiger partial charge in [-0.25, -0.2) is 4.79 Å². The highest BCUT2D eigenvalue weighted by Gasteiger charge is 2.55. The zero-order chi connectivity index (χ0) is 24.5. The summed E-state index contributed by atoms with van der Waals surface area (Å²) in [6.45, 7) is 2.26. The molecule has 0 bridgehead atoms. The van der Waals surface area contributed by atoms with Crippen LogP contribution in [-0.4, -0.2) is 51.3 Å². The van der Waals surface area contributed by atoms with Crippen LogP contribution in [0.25, 0.3) is 0 Å². The van der Waals surface area contributed by atoms with Crippen molar-refractivity contribution in [1.29, 1.82) is 0 Å². The van der Waals surface area contributed by atoms with E-state index in [0.717, 1.165) is 11.0 Å². The van der Waals surface area contributed by atoms with E-state index in [0.29, 0.717) is 25.0 Å². The fourth-order valence-corrected chi connectivity index (χ4v) is 4.91. The molecule has 4 rings (SSSR count). The van der Waals surface area contributed by atoms with E-state index in [2.05, 4.69) is 10.3 Å². The number of amides is 4. The van der Waals surface area contributed by atoms with Crippen LogP contribution >= 0.6 is 0 Å². The van der Waals surface area contributed by atoms with Gasteiger partial charge in [0.1, 0.15) is 5.54 Å². The monoisotopic (exact) mass is 474 g/mol. The van der Waals surface area contributed by atoms with Gasteiger partial charge in [-0.3, -0.25) is 19.5 Å². The van der Waals surface area contributed by atoms with Gasteiger partial charge in [0.25, 0.3) is 11.8 Å². The molecule has 1 aromatic carbocycles. The first-order valence-electron chi connectivity index (χ1n) is 11.2. The van der Waals surface area contributed by atoms with Crippen molar-refractivity contribution in [3.8, 4) is 0 Å². The highest BCUT2D eigenvalue weighted by Crippen LogP contribution is 2.38. The molecule has 0 unspecified atom stereocenters. The average molecular weight is 474 g/mol. The molecule has 0 radical (unpaired) electrons. The molecule has 34 heavy (non-hydrogen) atoms. The largest absolute Gasteiger partial charge is 0.417 e. The van der Waals surface area contributed by atoms with Gasteiger partial charge in [0, 0.05) is 19.3 Å². The van der Waals surface area contributed by atoms with Crippen LogP contribution in [-0.2, 0) is 17.5 Å². The first-order valence-corrected chi connectivity index (χ1v) is 11.2. The van der Waals surface area contributed by atoms with Gasteiger partial charge in [0.15, 0.2) is 0 Å². The summed E-state index contributed by atoms with van der Waals surface area (Å²) < 4.78 is 40.1. The molecule has 2 aromatic rings. The van der Waals surface area contributed by atoms with Crippen LogP contribution in [0.3, 0.4) is 0 Å². The molecule has 1 aromatic heterocycles. The third kappa shape index (κ3) is 4.24. The Hall–Kier alpha value is -3.43. The first kappa shape index (κ1) is 23.7. The number of benzene rings is 1.